The molecule has 5 nitrogen and oxygen atoms in total. The standard InChI is InChI=1S/C19H31NO4Si/c1-19(2,3)25(4,5)24-14-16-11-17(21)12-20(16)18(22)23-13-15-9-7-6-8-10-15/h6-10,16-17,21H,11-14H2,1-5H3/t16-,17+/m0/s1. The quantitative estimate of drug-likeness (QED) is 0.807. The third-order valence-electron chi connectivity index (χ3n) is 5.27. The number of β-amino-alcohol motifs (C(OH)–C–C–N with tert-alkyl or cyclic N) is 1. The third-order valence-corrected chi connectivity index (χ3v) is 9.78. The highest BCUT2D eigenvalue weighted by Gasteiger charge is 2.41. The van der Waals surface area contributed by atoms with Crippen molar-refractivity contribution in [3.05, 3.63) is 35.9 Å². The van der Waals surface area contributed by atoms with Crippen molar-refractivity contribution in [1.82, 2.24) is 4.90 Å². The lowest BCUT2D eigenvalue weighted by Gasteiger charge is -2.37. The molecule has 2 atom stereocenters. The van der Waals surface area contributed by atoms with Crippen LogP contribution in [-0.4, -0.2) is 49.7 Å². The summed E-state index contributed by atoms with van der Waals surface area (Å²) in [4.78, 5) is 14.1. The van der Waals surface area contributed by atoms with Gasteiger partial charge in [0.2, 0.25) is 0 Å². The molecule has 1 saturated heterocycles. The molecule has 2 rings (SSSR count). The largest absolute Gasteiger partial charge is 0.445 e. The Morgan fingerprint density at radius 1 is 1.28 bits per heavy atom. The number of amides is 1. The fourth-order valence-corrected chi connectivity index (χ4v) is 3.64. The van der Waals surface area contributed by atoms with E-state index in [1.165, 1.54) is 0 Å². The Balaban J connectivity index is 1.93. The Morgan fingerprint density at radius 3 is 2.52 bits per heavy atom. The number of aliphatic hydroxyl groups is 1. The minimum Gasteiger partial charge on any atom is -0.445 e. The van der Waals surface area contributed by atoms with Gasteiger partial charge >= 0.3 is 6.09 Å². The number of aliphatic hydroxyl groups excluding tert-OH is 1. The molecular weight excluding hydrogens is 334 g/mol. The maximum Gasteiger partial charge on any atom is 0.410 e. The summed E-state index contributed by atoms with van der Waals surface area (Å²) < 4.78 is 11.7. The van der Waals surface area contributed by atoms with Gasteiger partial charge in [-0.25, -0.2) is 4.79 Å². The molecule has 0 bridgehead atoms. The summed E-state index contributed by atoms with van der Waals surface area (Å²) in [6.45, 7) is 11.9. The fourth-order valence-electron chi connectivity index (χ4n) is 2.60. The first-order chi connectivity index (χ1) is 11.6. The second-order valence-electron chi connectivity index (χ2n) is 8.31. The molecule has 1 N–H and O–H groups in total. The van der Waals surface area contributed by atoms with Crippen LogP contribution in [0.4, 0.5) is 4.79 Å². The van der Waals surface area contributed by atoms with Crippen LogP contribution in [0.25, 0.3) is 0 Å². The number of ether oxygens (including phenoxy) is 1. The van der Waals surface area contributed by atoms with Crippen LogP contribution < -0.4 is 0 Å². The number of benzene rings is 1. The zero-order valence-corrected chi connectivity index (χ0v) is 17.0. The van der Waals surface area contributed by atoms with E-state index in [-0.39, 0.29) is 23.8 Å². The molecule has 1 fully saturated rings. The SMILES string of the molecule is CC(C)(C)[Si](C)(C)OC[C@@H]1C[C@@H](O)CN1C(=O)OCc1ccccc1. The highest BCUT2D eigenvalue weighted by Crippen LogP contribution is 2.37. The zero-order chi connectivity index (χ0) is 18.7. The Morgan fingerprint density at radius 2 is 1.92 bits per heavy atom. The molecule has 1 heterocycles. The normalized spacial score (nSPS) is 21.4. The average Bonchev–Trinajstić information content (AvgIpc) is 2.92. The van der Waals surface area contributed by atoms with Gasteiger partial charge in [-0.1, -0.05) is 51.1 Å². The van der Waals surface area contributed by atoms with Crippen molar-refractivity contribution >= 4 is 14.4 Å². The molecule has 0 unspecified atom stereocenters. The first-order valence-corrected chi connectivity index (χ1v) is 11.8. The van der Waals surface area contributed by atoms with E-state index in [1.807, 2.05) is 30.3 Å². The summed E-state index contributed by atoms with van der Waals surface area (Å²) in [6, 6.07) is 9.47. The van der Waals surface area contributed by atoms with Crippen LogP contribution in [0.15, 0.2) is 30.3 Å². The van der Waals surface area contributed by atoms with Crippen molar-refractivity contribution in [3.63, 3.8) is 0 Å². The molecule has 25 heavy (non-hydrogen) atoms. The first-order valence-electron chi connectivity index (χ1n) is 8.89. The molecule has 1 aliphatic rings. The van der Waals surface area contributed by atoms with E-state index in [0.29, 0.717) is 19.6 Å². The Kier molecular flexibility index (Phi) is 6.29. The highest BCUT2D eigenvalue weighted by atomic mass is 28.4. The lowest BCUT2D eigenvalue weighted by atomic mass is 10.2. The summed E-state index contributed by atoms with van der Waals surface area (Å²) in [5.74, 6) is 0. The van der Waals surface area contributed by atoms with Gasteiger partial charge in [-0.2, -0.15) is 0 Å². The molecule has 1 aromatic rings. The average molecular weight is 366 g/mol. The summed E-state index contributed by atoms with van der Waals surface area (Å²) >= 11 is 0. The zero-order valence-electron chi connectivity index (χ0n) is 16.0. The van der Waals surface area contributed by atoms with Gasteiger partial charge in [0.1, 0.15) is 6.61 Å². The molecule has 1 aliphatic heterocycles. The molecule has 0 aliphatic carbocycles. The van der Waals surface area contributed by atoms with Crippen LogP contribution in [0.5, 0.6) is 0 Å². The van der Waals surface area contributed by atoms with Crippen LogP contribution in [0.1, 0.15) is 32.8 Å². The van der Waals surface area contributed by atoms with E-state index in [0.717, 1.165) is 5.56 Å². The highest BCUT2D eigenvalue weighted by molar-refractivity contribution is 6.74. The van der Waals surface area contributed by atoms with E-state index in [9.17, 15) is 9.90 Å². The van der Waals surface area contributed by atoms with Crippen molar-refractivity contribution in [3.8, 4) is 0 Å². The molecule has 1 aromatic carbocycles. The van der Waals surface area contributed by atoms with Crippen LogP contribution in [0, 0.1) is 0 Å². The van der Waals surface area contributed by atoms with E-state index < -0.39 is 14.4 Å². The second-order valence-corrected chi connectivity index (χ2v) is 13.1. The predicted octanol–water partition coefficient (Wildman–Crippen LogP) is 3.78. The predicted molar refractivity (Wildman–Crippen MR) is 101 cm³/mol. The van der Waals surface area contributed by atoms with Crippen molar-refractivity contribution in [2.75, 3.05) is 13.2 Å². The molecular formula is C19H31NO4Si. The smallest absolute Gasteiger partial charge is 0.410 e. The lowest BCUT2D eigenvalue weighted by molar-refractivity contribution is 0.0783. The summed E-state index contributed by atoms with van der Waals surface area (Å²) in [5.41, 5.74) is 0.949. The Hall–Kier alpha value is -1.37. The van der Waals surface area contributed by atoms with Crippen molar-refractivity contribution in [1.29, 1.82) is 0 Å². The summed E-state index contributed by atoms with van der Waals surface area (Å²) in [6.07, 6.45) is -0.365. The van der Waals surface area contributed by atoms with Gasteiger partial charge < -0.3 is 19.2 Å². The summed E-state index contributed by atoms with van der Waals surface area (Å²) in [7, 11) is -1.89. The van der Waals surface area contributed by atoms with Crippen molar-refractivity contribution < 1.29 is 19.1 Å². The molecule has 0 saturated carbocycles. The molecule has 140 valence electrons. The molecule has 0 spiro atoms. The Labute approximate surface area is 152 Å². The number of carbonyl (C=O) groups is 1. The van der Waals surface area contributed by atoms with E-state index in [4.69, 9.17) is 9.16 Å². The second kappa shape index (κ2) is 7.89. The minimum absolute atomic E-state index is 0.114. The molecule has 6 heteroatoms. The molecule has 1 amide bonds. The topological polar surface area (TPSA) is 59.0 Å². The fraction of sp³-hybridized carbons (Fsp3) is 0.632. The molecule has 0 aromatic heterocycles. The number of carbonyl (C=O) groups excluding carboxylic acids is 1. The maximum atomic E-state index is 12.4. The first kappa shape index (κ1) is 19.9. The number of hydrogen-bond donors (Lipinski definition) is 1. The van der Waals surface area contributed by atoms with Gasteiger partial charge in [-0.05, 0) is 30.1 Å². The molecule has 0 radical (unpaired) electrons. The number of rotatable bonds is 5. The monoisotopic (exact) mass is 365 g/mol. The van der Waals surface area contributed by atoms with Gasteiger partial charge in [-0.3, -0.25) is 0 Å². The van der Waals surface area contributed by atoms with Gasteiger partial charge in [-0.15, -0.1) is 0 Å². The number of hydrogen-bond acceptors (Lipinski definition) is 4. The van der Waals surface area contributed by atoms with Gasteiger partial charge in [0.25, 0.3) is 0 Å². The van der Waals surface area contributed by atoms with E-state index in [2.05, 4.69) is 33.9 Å². The lowest BCUT2D eigenvalue weighted by Crippen LogP contribution is -2.46. The Bertz CT molecular complexity index is 571. The van der Waals surface area contributed by atoms with Gasteiger partial charge in [0.05, 0.1) is 25.3 Å². The number of likely N-dealkylation sites (tertiary alicyclic amines) is 1. The van der Waals surface area contributed by atoms with Crippen LogP contribution >= 0.6 is 0 Å². The van der Waals surface area contributed by atoms with E-state index in [1.54, 1.807) is 4.90 Å². The van der Waals surface area contributed by atoms with Crippen LogP contribution in [0.3, 0.4) is 0 Å². The van der Waals surface area contributed by atoms with Gasteiger partial charge in [0, 0.05) is 0 Å². The van der Waals surface area contributed by atoms with Crippen LogP contribution in [0.2, 0.25) is 18.1 Å². The summed E-state index contributed by atoms with van der Waals surface area (Å²) in [5, 5.41) is 10.1. The van der Waals surface area contributed by atoms with E-state index >= 15 is 0 Å². The van der Waals surface area contributed by atoms with Crippen molar-refractivity contribution in [2.45, 2.75) is 64.1 Å². The van der Waals surface area contributed by atoms with Crippen LogP contribution in [-0.2, 0) is 15.8 Å². The minimum atomic E-state index is -1.89. The van der Waals surface area contributed by atoms with Crippen molar-refractivity contribution in [2.24, 2.45) is 0 Å². The maximum absolute atomic E-state index is 12.4. The number of nitrogens with zero attached hydrogens (tertiary/aromatic N) is 1. The van der Waals surface area contributed by atoms with Gasteiger partial charge in [0.15, 0.2) is 8.32 Å². The third kappa shape index (κ3) is 5.30.